The summed E-state index contributed by atoms with van der Waals surface area (Å²) in [5.74, 6) is 0.834. The zero-order valence-corrected chi connectivity index (χ0v) is 10.1. The highest BCUT2D eigenvalue weighted by Gasteiger charge is 2.15. The molecule has 0 saturated heterocycles. The van der Waals surface area contributed by atoms with E-state index in [1.165, 1.54) is 5.56 Å². The summed E-state index contributed by atoms with van der Waals surface area (Å²) in [6.07, 6.45) is 1.70. The monoisotopic (exact) mass is 231 g/mol. The van der Waals surface area contributed by atoms with Gasteiger partial charge < -0.3 is 10.5 Å². The number of hydrogen-bond donors (Lipinski definition) is 2. The maximum atomic E-state index is 6.21. The van der Waals surface area contributed by atoms with E-state index < -0.39 is 0 Å². The second-order valence-corrected chi connectivity index (χ2v) is 3.96. The Hall–Kier alpha value is -1.81. The number of nitrogens with one attached hydrogen (secondary N) is 1. The second kappa shape index (κ2) is 5.01. The van der Waals surface area contributed by atoms with Crippen LogP contribution in [0.2, 0.25) is 0 Å². The predicted octanol–water partition coefficient (Wildman–Crippen LogP) is 2.16. The Balaban J connectivity index is 2.38. The third-order valence-corrected chi connectivity index (χ3v) is 2.66. The van der Waals surface area contributed by atoms with Gasteiger partial charge in [-0.1, -0.05) is 17.7 Å². The molecule has 0 spiro atoms. The van der Waals surface area contributed by atoms with Crippen LogP contribution in [0.15, 0.2) is 30.5 Å². The lowest BCUT2D eigenvalue weighted by molar-refractivity contribution is 0.335. The van der Waals surface area contributed by atoms with Gasteiger partial charge >= 0.3 is 0 Å². The molecule has 90 valence electrons. The van der Waals surface area contributed by atoms with Crippen molar-refractivity contribution in [3.05, 3.63) is 47.3 Å². The second-order valence-electron chi connectivity index (χ2n) is 3.96. The Kier molecular flexibility index (Phi) is 3.44. The molecule has 1 aromatic carbocycles. The summed E-state index contributed by atoms with van der Waals surface area (Å²) in [6.45, 7) is 4.63. The van der Waals surface area contributed by atoms with E-state index in [4.69, 9.17) is 10.5 Å². The van der Waals surface area contributed by atoms with Gasteiger partial charge in [0.25, 0.3) is 0 Å². The summed E-state index contributed by atoms with van der Waals surface area (Å²) in [5, 5.41) is 6.81. The van der Waals surface area contributed by atoms with E-state index in [-0.39, 0.29) is 6.04 Å². The standard InChI is InChI=1S/C13H17N3O/c1-3-17-12-5-4-9(2)8-10(12)13(14)11-6-7-15-16-11/h4-8,13H,3,14H2,1-2H3,(H,15,16). The van der Waals surface area contributed by atoms with Crippen LogP contribution in [0.5, 0.6) is 5.75 Å². The van der Waals surface area contributed by atoms with Crippen molar-refractivity contribution < 1.29 is 4.74 Å². The maximum Gasteiger partial charge on any atom is 0.124 e. The molecule has 0 aliphatic rings. The first-order valence-electron chi connectivity index (χ1n) is 5.70. The molecule has 0 radical (unpaired) electrons. The quantitative estimate of drug-likeness (QED) is 0.847. The summed E-state index contributed by atoms with van der Waals surface area (Å²) >= 11 is 0. The highest BCUT2D eigenvalue weighted by molar-refractivity contribution is 5.42. The Labute approximate surface area is 101 Å². The van der Waals surface area contributed by atoms with Crippen molar-refractivity contribution in [1.82, 2.24) is 10.2 Å². The lowest BCUT2D eigenvalue weighted by Gasteiger charge is -2.16. The van der Waals surface area contributed by atoms with Gasteiger partial charge in [-0.3, -0.25) is 5.10 Å². The summed E-state index contributed by atoms with van der Waals surface area (Å²) in [4.78, 5) is 0. The number of nitrogens with zero attached hydrogens (tertiary/aromatic N) is 1. The first kappa shape index (κ1) is 11.7. The maximum absolute atomic E-state index is 6.21. The summed E-state index contributed by atoms with van der Waals surface area (Å²) < 4.78 is 5.60. The number of aromatic nitrogens is 2. The highest BCUT2D eigenvalue weighted by Crippen LogP contribution is 2.28. The molecule has 1 unspecified atom stereocenters. The molecule has 0 aliphatic heterocycles. The highest BCUT2D eigenvalue weighted by atomic mass is 16.5. The summed E-state index contributed by atoms with van der Waals surface area (Å²) in [5.41, 5.74) is 9.24. The SMILES string of the molecule is CCOc1ccc(C)cc1C(N)c1ccn[nH]1. The van der Waals surface area contributed by atoms with Gasteiger partial charge in [-0.2, -0.15) is 5.10 Å². The summed E-state index contributed by atoms with van der Waals surface area (Å²) in [7, 11) is 0. The van der Waals surface area contributed by atoms with E-state index in [2.05, 4.69) is 16.3 Å². The molecule has 0 fully saturated rings. The van der Waals surface area contributed by atoms with Crippen molar-refractivity contribution in [2.45, 2.75) is 19.9 Å². The minimum atomic E-state index is -0.237. The van der Waals surface area contributed by atoms with E-state index >= 15 is 0 Å². The van der Waals surface area contributed by atoms with Gasteiger partial charge in [0.05, 0.1) is 18.3 Å². The molecule has 4 heteroatoms. The van der Waals surface area contributed by atoms with Gasteiger partial charge in [-0.25, -0.2) is 0 Å². The van der Waals surface area contributed by atoms with Gasteiger partial charge in [-0.15, -0.1) is 0 Å². The van der Waals surface area contributed by atoms with Crippen molar-refractivity contribution >= 4 is 0 Å². The van der Waals surface area contributed by atoms with Gasteiger partial charge in [0.1, 0.15) is 5.75 Å². The van der Waals surface area contributed by atoms with Crippen LogP contribution in [0.1, 0.15) is 29.8 Å². The fourth-order valence-corrected chi connectivity index (χ4v) is 1.81. The third-order valence-electron chi connectivity index (χ3n) is 2.66. The van der Waals surface area contributed by atoms with E-state index in [9.17, 15) is 0 Å². The molecule has 1 aromatic heterocycles. The Bertz CT molecular complexity index is 479. The number of benzene rings is 1. The van der Waals surface area contributed by atoms with Crippen molar-refractivity contribution in [3.63, 3.8) is 0 Å². The molecule has 1 atom stereocenters. The smallest absolute Gasteiger partial charge is 0.124 e. The molecule has 0 amide bonds. The Morgan fingerprint density at radius 3 is 2.88 bits per heavy atom. The van der Waals surface area contributed by atoms with Crippen LogP contribution in [0, 0.1) is 6.92 Å². The van der Waals surface area contributed by atoms with E-state index in [0.29, 0.717) is 6.61 Å². The Morgan fingerprint density at radius 2 is 2.24 bits per heavy atom. The van der Waals surface area contributed by atoms with Crippen molar-refractivity contribution in [2.75, 3.05) is 6.61 Å². The fourth-order valence-electron chi connectivity index (χ4n) is 1.81. The van der Waals surface area contributed by atoms with Crippen molar-refractivity contribution in [3.8, 4) is 5.75 Å². The lowest BCUT2D eigenvalue weighted by atomic mass is 10.0. The van der Waals surface area contributed by atoms with E-state index in [0.717, 1.165) is 17.0 Å². The van der Waals surface area contributed by atoms with Crippen molar-refractivity contribution in [2.24, 2.45) is 5.73 Å². The molecule has 1 heterocycles. The Morgan fingerprint density at radius 1 is 1.41 bits per heavy atom. The average Bonchev–Trinajstić information content (AvgIpc) is 2.84. The molecule has 17 heavy (non-hydrogen) atoms. The molecule has 4 nitrogen and oxygen atoms in total. The van der Waals surface area contributed by atoms with Gasteiger partial charge in [-0.05, 0) is 26.0 Å². The molecule has 0 saturated carbocycles. The number of ether oxygens (including phenoxy) is 1. The zero-order valence-electron chi connectivity index (χ0n) is 10.1. The first-order chi connectivity index (χ1) is 8.22. The third kappa shape index (κ3) is 2.47. The minimum Gasteiger partial charge on any atom is -0.494 e. The minimum absolute atomic E-state index is 0.237. The van der Waals surface area contributed by atoms with Crippen LogP contribution in [-0.2, 0) is 0 Å². The molecular formula is C13H17N3O. The average molecular weight is 231 g/mol. The number of aryl methyl sites for hydroxylation is 1. The summed E-state index contributed by atoms with van der Waals surface area (Å²) in [6, 6.07) is 7.68. The molecular weight excluding hydrogens is 214 g/mol. The normalized spacial score (nSPS) is 12.4. The van der Waals surface area contributed by atoms with Crippen LogP contribution in [-0.4, -0.2) is 16.8 Å². The van der Waals surface area contributed by atoms with E-state index in [1.54, 1.807) is 6.20 Å². The molecule has 2 rings (SSSR count). The zero-order chi connectivity index (χ0) is 12.3. The number of aromatic amines is 1. The fraction of sp³-hybridized carbons (Fsp3) is 0.308. The number of hydrogen-bond acceptors (Lipinski definition) is 3. The van der Waals surface area contributed by atoms with Gasteiger partial charge in [0.2, 0.25) is 0 Å². The van der Waals surface area contributed by atoms with Gasteiger partial charge in [0, 0.05) is 11.8 Å². The molecule has 0 aliphatic carbocycles. The van der Waals surface area contributed by atoms with Crippen LogP contribution >= 0.6 is 0 Å². The lowest BCUT2D eigenvalue weighted by Crippen LogP contribution is -2.14. The predicted molar refractivity (Wildman–Crippen MR) is 67.0 cm³/mol. The van der Waals surface area contributed by atoms with Crippen LogP contribution in [0.3, 0.4) is 0 Å². The molecule has 2 aromatic rings. The molecule has 3 N–H and O–H groups in total. The van der Waals surface area contributed by atoms with Crippen LogP contribution in [0.25, 0.3) is 0 Å². The van der Waals surface area contributed by atoms with E-state index in [1.807, 2.05) is 32.0 Å². The van der Waals surface area contributed by atoms with Gasteiger partial charge in [0.15, 0.2) is 0 Å². The van der Waals surface area contributed by atoms with Crippen molar-refractivity contribution in [1.29, 1.82) is 0 Å². The number of rotatable bonds is 4. The number of H-pyrrole nitrogens is 1. The topological polar surface area (TPSA) is 63.9 Å². The van der Waals surface area contributed by atoms with Crippen LogP contribution < -0.4 is 10.5 Å². The molecule has 0 bridgehead atoms. The van der Waals surface area contributed by atoms with Crippen LogP contribution in [0.4, 0.5) is 0 Å². The first-order valence-corrected chi connectivity index (χ1v) is 5.70. The largest absolute Gasteiger partial charge is 0.494 e. The number of nitrogens with two attached hydrogens (primary N) is 1.